The molecule has 0 radical (unpaired) electrons. The summed E-state index contributed by atoms with van der Waals surface area (Å²) in [4.78, 5) is 26.0. The molecule has 0 saturated heterocycles. The Morgan fingerprint density at radius 1 is 1.14 bits per heavy atom. The zero-order valence-corrected chi connectivity index (χ0v) is 12.3. The molecular weight excluding hydrogens is 266 g/mol. The fourth-order valence-corrected chi connectivity index (χ4v) is 3.23. The van der Waals surface area contributed by atoms with Gasteiger partial charge in [0.15, 0.2) is 0 Å². The number of carbonyl (C=O) groups is 2. The van der Waals surface area contributed by atoms with Gasteiger partial charge in [-0.3, -0.25) is 4.79 Å². The van der Waals surface area contributed by atoms with Crippen LogP contribution in [0.4, 0.5) is 10.5 Å². The lowest BCUT2D eigenvalue weighted by atomic mass is 9.96. The van der Waals surface area contributed by atoms with Crippen LogP contribution in [0.1, 0.15) is 43.7 Å². The number of rotatable bonds is 2. The minimum atomic E-state index is -0.574. The molecule has 5 heteroatoms. The van der Waals surface area contributed by atoms with Crippen molar-refractivity contribution in [1.29, 1.82) is 0 Å². The number of hydrogen-bond acceptors (Lipinski definition) is 2. The molecule has 1 aliphatic heterocycles. The third-order valence-electron chi connectivity index (χ3n) is 4.40. The molecule has 1 aromatic rings. The molecule has 1 aliphatic carbocycles. The number of benzene rings is 1. The van der Waals surface area contributed by atoms with Gasteiger partial charge in [0.2, 0.25) is 0 Å². The number of nitrogens with zero attached hydrogens (tertiary/aromatic N) is 1. The van der Waals surface area contributed by atoms with Crippen molar-refractivity contribution in [3.8, 4) is 0 Å². The van der Waals surface area contributed by atoms with Crippen LogP contribution in [-0.2, 0) is 4.79 Å². The van der Waals surface area contributed by atoms with Crippen LogP contribution in [0.25, 0.3) is 0 Å². The number of urea groups is 1. The van der Waals surface area contributed by atoms with Crippen LogP contribution in [-0.4, -0.2) is 25.0 Å². The molecule has 1 aromatic carbocycles. The summed E-state index contributed by atoms with van der Waals surface area (Å²) < 4.78 is 0. The Labute approximate surface area is 124 Å². The second kappa shape index (κ2) is 5.76. The summed E-state index contributed by atoms with van der Waals surface area (Å²) in [7, 11) is 1.74. The molecule has 112 valence electrons. The fraction of sp³-hybridized carbons (Fsp3) is 0.500. The van der Waals surface area contributed by atoms with Gasteiger partial charge in [-0.25, -0.2) is 4.79 Å². The lowest BCUT2D eigenvalue weighted by Crippen LogP contribution is -2.46. The predicted octanol–water partition coefficient (Wildman–Crippen LogP) is 2.34. The second-order valence-electron chi connectivity index (χ2n) is 5.84. The van der Waals surface area contributed by atoms with Gasteiger partial charge in [-0.1, -0.05) is 37.5 Å². The summed E-state index contributed by atoms with van der Waals surface area (Å²) in [6, 6.07) is 6.99. The van der Waals surface area contributed by atoms with Crippen LogP contribution >= 0.6 is 0 Å². The summed E-state index contributed by atoms with van der Waals surface area (Å²) in [5, 5.41) is 5.81. The van der Waals surface area contributed by atoms with Gasteiger partial charge in [-0.05, 0) is 18.9 Å². The number of carbonyl (C=O) groups excluding carboxylic acids is 2. The fourth-order valence-electron chi connectivity index (χ4n) is 3.23. The Balaban J connectivity index is 1.67. The maximum atomic E-state index is 12.3. The van der Waals surface area contributed by atoms with E-state index in [9.17, 15) is 9.59 Å². The van der Waals surface area contributed by atoms with Gasteiger partial charge >= 0.3 is 6.03 Å². The summed E-state index contributed by atoms with van der Waals surface area (Å²) in [5.74, 6) is -0.0880. The summed E-state index contributed by atoms with van der Waals surface area (Å²) in [6.07, 6.45) is 5.64. The molecule has 1 atom stereocenters. The van der Waals surface area contributed by atoms with Gasteiger partial charge in [0.1, 0.15) is 6.04 Å². The van der Waals surface area contributed by atoms with E-state index in [0.29, 0.717) is 0 Å². The first-order valence-electron chi connectivity index (χ1n) is 7.60. The number of likely N-dealkylation sites (N-methyl/N-ethyl adjacent to an activating group) is 1. The van der Waals surface area contributed by atoms with Crippen LogP contribution in [0.5, 0.6) is 0 Å². The first kappa shape index (κ1) is 13.9. The number of para-hydroxylation sites is 1. The van der Waals surface area contributed by atoms with Crippen molar-refractivity contribution in [2.45, 2.75) is 44.2 Å². The predicted molar refractivity (Wildman–Crippen MR) is 81.1 cm³/mol. The van der Waals surface area contributed by atoms with E-state index in [1.807, 2.05) is 24.3 Å². The Bertz CT molecular complexity index is 552. The monoisotopic (exact) mass is 287 g/mol. The van der Waals surface area contributed by atoms with Gasteiger partial charge in [-0.15, -0.1) is 0 Å². The molecule has 3 amide bonds. The molecule has 21 heavy (non-hydrogen) atoms. The van der Waals surface area contributed by atoms with Crippen LogP contribution in [0.3, 0.4) is 0 Å². The van der Waals surface area contributed by atoms with Crippen LogP contribution in [0.15, 0.2) is 24.3 Å². The Morgan fingerprint density at radius 2 is 1.86 bits per heavy atom. The number of hydrogen-bond donors (Lipinski definition) is 2. The first-order valence-corrected chi connectivity index (χ1v) is 7.60. The molecular formula is C16H21N3O2. The molecule has 1 unspecified atom stereocenters. The molecule has 0 bridgehead atoms. The SMILES string of the molecule is CN1C(=O)C(NC(=O)NC2CCCCC2)c2ccccc21. The molecule has 5 nitrogen and oxygen atoms in total. The number of amides is 3. The molecule has 1 heterocycles. The Hall–Kier alpha value is -2.04. The number of fused-ring (bicyclic) bond motifs is 1. The summed E-state index contributed by atoms with van der Waals surface area (Å²) in [6.45, 7) is 0. The molecule has 1 saturated carbocycles. The minimum absolute atomic E-state index is 0.0880. The van der Waals surface area contributed by atoms with Crippen molar-refractivity contribution in [3.05, 3.63) is 29.8 Å². The molecule has 3 rings (SSSR count). The Kier molecular flexibility index (Phi) is 3.82. The van der Waals surface area contributed by atoms with Crippen molar-refractivity contribution in [3.63, 3.8) is 0 Å². The average Bonchev–Trinajstić information content (AvgIpc) is 2.74. The van der Waals surface area contributed by atoms with E-state index in [2.05, 4.69) is 10.6 Å². The van der Waals surface area contributed by atoms with Crippen molar-refractivity contribution in [2.75, 3.05) is 11.9 Å². The first-order chi connectivity index (χ1) is 10.2. The lowest BCUT2D eigenvalue weighted by Gasteiger charge is -2.23. The van der Waals surface area contributed by atoms with Crippen LogP contribution in [0.2, 0.25) is 0 Å². The van der Waals surface area contributed by atoms with Gasteiger partial charge < -0.3 is 15.5 Å². The summed E-state index contributed by atoms with van der Waals surface area (Å²) in [5.41, 5.74) is 1.73. The van der Waals surface area contributed by atoms with E-state index in [-0.39, 0.29) is 18.0 Å². The third kappa shape index (κ3) is 2.73. The minimum Gasteiger partial charge on any atom is -0.335 e. The van der Waals surface area contributed by atoms with Crippen molar-refractivity contribution >= 4 is 17.6 Å². The maximum absolute atomic E-state index is 12.3. The molecule has 2 aliphatic rings. The third-order valence-corrected chi connectivity index (χ3v) is 4.40. The van der Waals surface area contributed by atoms with E-state index in [0.717, 1.165) is 24.1 Å². The molecule has 0 aromatic heterocycles. The largest absolute Gasteiger partial charge is 0.335 e. The molecule has 0 spiro atoms. The normalized spacial score (nSPS) is 22.0. The highest BCUT2D eigenvalue weighted by Gasteiger charge is 2.36. The maximum Gasteiger partial charge on any atom is 0.315 e. The standard InChI is InChI=1S/C16H21N3O2/c1-19-13-10-6-5-9-12(13)14(15(19)20)18-16(21)17-11-7-3-2-4-8-11/h5-6,9-11,14H,2-4,7-8H2,1H3,(H2,17,18,21). The highest BCUT2D eigenvalue weighted by molar-refractivity contribution is 6.05. The molecule has 2 N–H and O–H groups in total. The van der Waals surface area contributed by atoms with E-state index in [1.54, 1.807) is 11.9 Å². The van der Waals surface area contributed by atoms with Crippen LogP contribution < -0.4 is 15.5 Å². The van der Waals surface area contributed by atoms with Crippen molar-refractivity contribution in [1.82, 2.24) is 10.6 Å². The van der Waals surface area contributed by atoms with Gasteiger partial charge in [-0.2, -0.15) is 0 Å². The second-order valence-corrected chi connectivity index (χ2v) is 5.84. The summed E-state index contributed by atoms with van der Waals surface area (Å²) >= 11 is 0. The highest BCUT2D eigenvalue weighted by atomic mass is 16.2. The van der Waals surface area contributed by atoms with E-state index in [1.165, 1.54) is 19.3 Å². The van der Waals surface area contributed by atoms with E-state index in [4.69, 9.17) is 0 Å². The average molecular weight is 287 g/mol. The Morgan fingerprint density at radius 3 is 2.62 bits per heavy atom. The number of nitrogens with one attached hydrogen (secondary N) is 2. The highest BCUT2D eigenvalue weighted by Crippen LogP contribution is 2.34. The van der Waals surface area contributed by atoms with Gasteiger partial charge in [0.05, 0.1) is 0 Å². The lowest BCUT2D eigenvalue weighted by molar-refractivity contribution is -0.119. The van der Waals surface area contributed by atoms with Crippen molar-refractivity contribution in [2.24, 2.45) is 0 Å². The molecule has 1 fully saturated rings. The zero-order valence-electron chi connectivity index (χ0n) is 12.3. The zero-order chi connectivity index (χ0) is 14.8. The van der Waals surface area contributed by atoms with Crippen molar-refractivity contribution < 1.29 is 9.59 Å². The smallest absolute Gasteiger partial charge is 0.315 e. The van der Waals surface area contributed by atoms with E-state index >= 15 is 0 Å². The van der Waals surface area contributed by atoms with Gasteiger partial charge in [0.25, 0.3) is 5.91 Å². The van der Waals surface area contributed by atoms with Gasteiger partial charge in [0, 0.05) is 24.3 Å². The number of anilines is 1. The quantitative estimate of drug-likeness (QED) is 0.877. The van der Waals surface area contributed by atoms with Crippen LogP contribution in [0, 0.1) is 0 Å². The van der Waals surface area contributed by atoms with E-state index < -0.39 is 6.04 Å². The topological polar surface area (TPSA) is 61.4 Å².